The van der Waals surface area contributed by atoms with Crippen LogP contribution in [0, 0.1) is 0 Å². The van der Waals surface area contributed by atoms with Crippen molar-refractivity contribution in [1.82, 2.24) is 4.31 Å². The molecule has 0 aliphatic carbocycles. The summed E-state index contributed by atoms with van der Waals surface area (Å²) in [7, 11) is -2.49. The maximum atomic E-state index is 12.6. The van der Waals surface area contributed by atoms with Gasteiger partial charge in [-0.1, -0.05) is 17.7 Å². The van der Waals surface area contributed by atoms with E-state index in [2.05, 4.69) is 5.32 Å². The molecule has 0 saturated carbocycles. The van der Waals surface area contributed by atoms with E-state index in [4.69, 9.17) is 21.1 Å². The molecular formula is C18H19ClN2O5S. The fourth-order valence-corrected chi connectivity index (χ4v) is 3.96. The molecule has 2 aromatic rings. The highest BCUT2D eigenvalue weighted by Gasteiger charge is 2.23. The van der Waals surface area contributed by atoms with Gasteiger partial charge in [-0.15, -0.1) is 0 Å². The topological polar surface area (TPSA) is 84.9 Å². The lowest BCUT2D eigenvalue weighted by Crippen LogP contribution is -2.34. The molecule has 1 aliphatic rings. The van der Waals surface area contributed by atoms with Gasteiger partial charge in [-0.25, -0.2) is 8.42 Å². The van der Waals surface area contributed by atoms with Gasteiger partial charge < -0.3 is 14.8 Å². The fraction of sp³-hybridized carbons (Fsp3) is 0.278. The van der Waals surface area contributed by atoms with Crippen molar-refractivity contribution in [2.75, 3.05) is 32.1 Å². The molecule has 0 atom stereocenters. The Morgan fingerprint density at radius 2 is 1.89 bits per heavy atom. The molecule has 0 fully saturated rings. The highest BCUT2D eigenvalue weighted by molar-refractivity contribution is 7.89. The van der Waals surface area contributed by atoms with Gasteiger partial charge in [-0.3, -0.25) is 4.79 Å². The number of nitrogens with one attached hydrogen (secondary N) is 1. The first-order chi connectivity index (χ1) is 12.9. The van der Waals surface area contributed by atoms with Gasteiger partial charge in [0, 0.05) is 30.2 Å². The van der Waals surface area contributed by atoms with Gasteiger partial charge in [0.05, 0.1) is 24.7 Å². The third kappa shape index (κ3) is 4.71. The Kier molecular flexibility index (Phi) is 5.88. The Morgan fingerprint density at radius 3 is 2.63 bits per heavy atom. The van der Waals surface area contributed by atoms with Crippen LogP contribution >= 0.6 is 11.6 Å². The lowest BCUT2D eigenvalue weighted by molar-refractivity contribution is -0.116. The van der Waals surface area contributed by atoms with Crippen molar-refractivity contribution in [2.45, 2.75) is 11.3 Å². The summed E-state index contributed by atoms with van der Waals surface area (Å²) in [4.78, 5) is 12.3. The van der Waals surface area contributed by atoms with E-state index in [0.29, 0.717) is 35.4 Å². The van der Waals surface area contributed by atoms with E-state index in [1.807, 2.05) is 0 Å². The number of hydrogen-bond donors (Lipinski definition) is 1. The molecule has 2 aromatic carbocycles. The lowest BCUT2D eigenvalue weighted by atomic mass is 10.2. The maximum Gasteiger partial charge on any atom is 0.243 e. The first kappa shape index (κ1) is 19.5. The second-order valence-corrected chi connectivity index (χ2v) is 8.46. The van der Waals surface area contributed by atoms with Gasteiger partial charge in [-0.05, 0) is 30.3 Å². The fourth-order valence-electron chi connectivity index (χ4n) is 2.54. The quantitative estimate of drug-likeness (QED) is 0.819. The minimum Gasteiger partial charge on any atom is -0.490 e. The van der Waals surface area contributed by atoms with Gasteiger partial charge in [0.15, 0.2) is 11.5 Å². The summed E-state index contributed by atoms with van der Waals surface area (Å²) in [6.07, 6.45) is 0.780. The summed E-state index contributed by atoms with van der Waals surface area (Å²) in [5.41, 5.74) is 0.498. The zero-order chi connectivity index (χ0) is 19.4. The summed E-state index contributed by atoms with van der Waals surface area (Å²) in [5, 5.41) is 2.98. The standard InChI is InChI=1S/C18H19ClN2O5S/c1-21(27(23,24)15-5-2-4-13(19)10-15)12-18(22)20-14-6-7-16-17(11-14)26-9-3-8-25-16/h2,4-7,10-11H,3,8-9,12H2,1H3,(H,20,22). The number of nitrogens with zero attached hydrogens (tertiary/aromatic N) is 1. The number of rotatable bonds is 5. The van der Waals surface area contributed by atoms with Crippen molar-refractivity contribution < 1.29 is 22.7 Å². The number of amides is 1. The van der Waals surface area contributed by atoms with Gasteiger partial charge in [0.1, 0.15) is 0 Å². The van der Waals surface area contributed by atoms with Crippen LogP contribution in [0.5, 0.6) is 11.5 Å². The Morgan fingerprint density at radius 1 is 1.15 bits per heavy atom. The van der Waals surface area contributed by atoms with E-state index in [1.54, 1.807) is 30.3 Å². The normalized spacial score (nSPS) is 13.9. The molecule has 0 spiro atoms. The number of sulfonamides is 1. The van der Waals surface area contributed by atoms with Crippen LogP contribution in [0.2, 0.25) is 5.02 Å². The number of hydrogen-bond acceptors (Lipinski definition) is 5. The number of anilines is 1. The predicted molar refractivity (Wildman–Crippen MR) is 102 cm³/mol. The molecule has 1 N–H and O–H groups in total. The Bertz CT molecular complexity index is 949. The maximum absolute atomic E-state index is 12.6. The van der Waals surface area contributed by atoms with Crippen molar-refractivity contribution in [3.05, 3.63) is 47.5 Å². The molecule has 27 heavy (non-hydrogen) atoms. The molecule has 9 heteroatoms. The zero-order valence-electron chi connectivity index (χ0n) is 14.6. The predicted octanol–water partition coefficient (Wildman–Crippen LogP) is 2.76. The number of likely N-dealkylation sites (N-methyl/N-ethyl adjacent to an activating group) is 1. The van der Waals surface area contributed by atoms with Crippen LogP contribution < -0.4 is 14.8 Å². The summed E-state index contributed by atoms with van der Waals surface area (Å²) >= 11 is 5.85. The molecule has 7 nitrogen and oxygen atoms in total. The average molecular weight is 411 g/mol. The molecule has 0 bridgehead atoms. The first-order valence-electron chi connectivity index (χ1n) is 8.28. The van der Waals surface area contributed by atoms with Crippen molar-refractivity contribution in [2.24, 2.45) is 0 Å². The molecule has 144 valence electrons. The average Bonchev–Trinajstić information content (AvgIpc) is 2.86. The van der Waals surface area contributed by atoms with E-state index in [1.165, 1.54) is 19.2 Å². The smallest absolute Gasteiger partial charge is 0.243 e. The molecule has 1 heterocycles. The lowest BCUT2D eigenvalue weighted by Gasteiger charge is -2.17. The second-order valence-electron chi connectivity index (χ2n) is 5.98. The molecule has 1 amide bonds. The summed E-state index contributed by atoms with van der Waals surface area (Å²) in [6, 6.07) is 10.9. The minimum atomic E-state index is -3.82. The third-order valence-electron chi connectivity index (χ3n) is 3.90. The Balaban J connectivity index is 1.67. The first-order valence-corrected chi connectivity index (χ1v) is 10.1. The van der Waals surface area contributed by atoms with Crippen LogP contribution in [0.3, 0.4) is 0 Å². The number of ether oxygens (including phenoxy) is 2. The zero-order valence-corrected chi connectivity index (χ0v) is 16.2. The van der Waals surface area contributed by atoms with Crippen LogP contribution in [0.15, 0.2) is 47.4 Å². The van der Waals surface area contributed by atoms with Gasteiger partial charge in [-0.2, -0.15) is 4.31 Å². The van der Waals surface area contributed by atoms with Crippen LogP contribution in [0.25, 0.3) is 0 Å². The van der Waals surface area contributed by atoms with E-state index in [9.17, 15) is 13.2 Å². The van der Waals surface area contributed by atoms with Crippen LogP contribution in [-0.2, 0) is 14.8 Å². The molecule has 3 rings (SSSR count). The number of carbonyl (C=O) groups excluding carboxylic acids is 1. The van der Waals surface area contributed by atoms with Crippen molar-refractivity contribution >= 4 is 33.2 Å². The van der Waals surface area contributed by atoms with E-state index in [-0.39, 0.29) is 11.4 Å². The Labute approximate surface area is 162 Å². The van der Waals surface area contributed by atoms with E-state index in [0.717, 1.165) is 10.7 Å². The molecule has 0 aromatic heterocycles. The summed E-state index contributed by atoms with van der Waals surface area (Å²) < 4.78 is 37.2. The number of carbonyl (C=O) groups is 1. The molecular weight excluding hydrogens is 392 g/mol. The van der Waals surface area contributed by atoms with Crippen molar-refractivity contribution in [1.29, 1.82) is 0 Å². The highest BCUT2D eigenvalue weighted by Crippen LogP contribution is 2.32. The molecule has 0 radical (unpaired) electrons. The molecule has 1 aliphatic heterocycles. The second kappa shape index (κ2) is 8.16. The van der Waals surface area contributed by atoms with Crippen LogP contribution in [0.1, 0.15) is 6.42 Å². The van der Waals surface area contributed by atoms with Crippen molar-refractivity contribution in [3.8, 4) is 11.5 Å². The number of fused-ring (bicyclic) bond motifs is 1. The van der Waals surface area contributed by atoms with Crippen LogP contribution in [-0.4, -0.2) is 45.4 Å². The SMILES string of the molecule is CN(CC(=O)Nc1ccc2c(c1)OCCCO2)S(=O)(=O)c1cccc(Cl)c1. The van der Waals surface area contributed by atoms with E-state index < -0.39 is 15.9 Å². The van der Waals surface area contributed by atoms with E-state index >= 15 is 0 Å². The third-order valence-corrected chi connectivity index (χ3v) is 5.94. The largest absolute Gasteiger partial charge is 0.490 e. The van der Waals surface area contributed by atoms with Crippen LogP contribution in [0.4, 0.5) is 5.69 Å². The van der Waals surface area contributed by atoms with Gasteiger partial charge in [0.25, 0.3) is 0 Å². The number of benzene rings is 2. The highest BCUT2D eigenvalue weighted by atomic mass is 35.5. The monoisotopic (exact) mass is 410 g/mol. The Hall–Kier alpha value is -2.29. The minimum absolute atomic E-state index is 0.0286. The molecule has 0 unspecified atom stereocenters. The molecule has 0 saturated heterocycles. The summed E-state index contributed by atoms with van der Waals surface area (Å²) in [6.45, 7) is 0.763. The van der Waals surface area contributed by atoms with Gasteiger partial charge >= 0.3 is 0 Å². The summed E-state index contributed by atoms with van der Waals surface area (Å²) in [5.74, 6) is 0.689. The number of halogens is 1. The van der Waals surface area contributed by atoms with Crippen molar-refractivity contribution in [3.63, 3.8) is 0 Å². The van der Waals surface area contributed by atoms with Gasteiger partial charge in [0.2, 0.25) is 15.9 Å².